The van der Waals surface area contributed by atoms with Gasteiger partial charge >= 0.3 is 5.97 Å². The van der Waals surface area contributed by atoms with E-state index in [1.165, 1.54) is 0 Å². The first-order valence-corrected chi connectivity index (χ1v) is 6.43. The molecular formula is C13H15BrO4. The predicted molar refractivity (Wildman–Crippen MR) is 70.0 cm³/mol. The van der Waals surface area contributed by atoms with Gasteiger partial charge in [-0.2, -0.15) is 0 Å². The van der Waals surface area contributed by atoms with Crippen molar-refractivity contribution in [2.75, 3.05) is 6.61 Å². The first-order chi connectivity index (χ1) is 8.54. The van der Waals surface area contributed by atoms with Crippen molar-refractivity contribution in [1.82, 2.24) is 0 Å². The summed E-state index contributed by atoms with van der Waals surface area (Å²) in [5.41, 5.74) is 0.634. The molecule has 0 aromatic heterocycles. The van der Waals surface area contributed by atoms with Crippen molar-refractivity contribution in [3.05, 3.63) is 34.3 Å². The van der Waals surface area contributed by atoms with E-state index in [1.54, 1.807) is 25.1 Å². The van der Waals surface area contributed by atoms with Crippen LogP contribution in [0.5, 0.6) is 0 Å². The lowest BCUT2D eigenvalue weighted by molar-refractivity contribution is -0.145. The molecule has 0 fully saturated rings. The highest BCUT2D eigenvalue weighted by atomic mass is 79.9. The molecule has 0 heterocycles. The number of carbonyl (C=O) groups is 2. The summed E-state index contributed by atoms with van der Waals surface area (Å²) in [6.45, 7) is 1.93. The average Bonchev–Trinajstić information content (AvgIpc) is 2.29. The molecule has 4 nitrogen and oxygen atoms in total. The molecule has 0 aliphatic heterocycles. The Bertz CT molecular complexity index is 431. The summed E-state index contributed by atoms with van der Waals surface area (Å²) in [6, 6.07) is 7.11. The highest BCUT2D eigenvalue weighted by molar-refractivity contribution is 9.10. The second-order valence-corrected chi connectivity index (χ2v) is 4.62. The van der Waals surface area contributed by atoms with Crippen molar-refractivity contribution in [3.8, 4) is 0 Å². The van der Waals surface area contributed by atoms with Crippen molar-refractivity contribution in [1.29, 1.82) is 0 Å². The maximum Gasteiger partial charge on any atom is 0.313 e. The topological polar surface area (TPSA) is 63.6 Å². The number of aliphatic hydroxyl groups excluding tert-OH is 1. The largest absolute Gasteiger partial charge is 0.466 e. The quantitative estimate of drug-likeness (QED) is 0.647. The summed E-state index contributed by atoms with van der Waals surface area (Å²) in [6.07, 6.45) is -1.31. The van der Waals surface area contributed by atoms with Crippen molar-refractivity contribution >= 4 is 27.7 Å². The number of ketones is 1. The first-order valence-electron chi connectivity index (χ1n) is 5.64. The van der Waals surface area contributed by atoms with Crippen molar-refractivity contribution < 1.29 is 19.4 Å². The number of hydrogen-bond acceptors (Lipinski definition) is 4. The number of benzene rings is 1. The van der Waals surface area contributed by atoms with E-state index in [0.717, 1.165) is 4.47 Å². The van der Waals surface area contributed by atoms with Gasteiger partial charge in [-0.05, 0) is 18.6 Å². The van der Waals surface area contributed by atoms with E-state index in [1.807, 2.05) is 6.07 Å². The standard InChI is InChI=1S/C13H15BrO4/c1-2-18-13(17)8-9(15)7-12(16)10-5-3-4-6-11(10)14/h3-6,12,16H,2,7-8H2,1H3. The van der Waals surface area contributed by atoms with Gasteiger partial charge in [0.15, 0.2) is 0 Å². The molecule has 1 rings (SSSR count). The molecule has 1 aromatic carbocycles. The van der Waals surface area contributed by atoms with Gasteiger partial charge in [-0.1, -0.05) is 34.1 Å². The number of esters is 1. The second kappa shape index (κ2) is 7.28. The Labute approximate surface area is 114 Å². The van der Waals surface area contributed by atoms with Gasteiger partial charge in [0.2, 0.25) is 0 Å². The van der Waals surface area contributed by atoms with Gasteiger partial charge in [0.25, 0.3) is 0 Å². The van der Waals surface area contributed by atoms with Gasteiger partial charge in [-0.3, -0.25) is 9.59 Å². The van der Waals surface area contributed by atoms with Gasteiger partial charge < -0.3 is 9.84 Å². The third kappa shape index (κ3) is 4.58. The zero-order valence-electron chi connectivity index (χ0n) is 10.1. The molecule has 0 radical (unpaired) electrons. The lowest BCUT2D eigenvalue weighted by Crippen LogP contribution is -2.14. The normalized spacial score (nSPS) is 11.9. The highest BCUT2D eigenvalue weighted by Crippen LogP contribution is 2.25. The van der Waals surface area contributed by atoms with Crippen LogP contribution in [0.15, 0.2) is 28.7 Å². The fraction of sp³-hybridized carbons (Fsp3) is 0.385. The molecule has 0 aliphatic rings. The number of aliphatic hydroxyl groups is 1. The zero-order chi connectivity index (χ0) is 13.5. The Morgan fingerprint density at radius 3 is 2.67 bits per heavy atom. The van der Waals surface area contributed by atoms with Crippen molar-refractivity contribution in [2.24, 2.45) is 0 Å². The van der Waals surface area contributed by atoms with Crippen LogP contribution >= 0.6 is 15.9 Å². The second-order valence-electron chi connectivity index (χ2n) is 3.76. The number of ether oxygens (including phenoxy) is 1. The van der Waals surface area contributed by atoms with Crippen LogP contribution in [0.25, 0.3) is 0 Å². The average molecular weight is 315 g/mol. The van der Waals surface area contributed by atoms with E-state index >= 15 is 0 Å². The zero-order valence-corrected chi connectivity index (χ0v) is 11.6. The number of hydrogen-bond donors (Lipinski definition) is 1. The van der Waals surface area contributed by atoms with Crippen LogP contribution in [0.4, 0.5) is 0 Å². The molecule has 0 spiro atoms. The summed E-state index contributed by atoms with van der Waals surface area (Å²) in [7, 11) is 0. The molecular weight excluding hydrogens is 300 g/mol. The SMILES string of the molecule is CCOC(=O)CC(=O)CC(O)c1ccccc1Br. The molecule has 1 unspecified atom stereocenters. The summed E-state index contributed by atoms with van der Waals surface area (Å²) in [4.78, 5) is 22.7. The molecule has 0 aliphatic carbocycles. The van der Waals surface area contributed by atoms with E-state index in [0.29, 0.717) is 5.56 Å². The fourth-order valence-electron chi connectivity index (χ4n) is 1.52. The van der Waals surface area contributed by atoms with Gasteiger partial charge in [0.05, 0.1) is 12.7 Å². The van der Waals surface area contributed by atoms with Gasteiger partial charge in [-0.25, -0.2) is 0 Å². The number of Topliss-reactive ketones (excluding diaryl/α,β-unsaturated/α-hetero) is 1. The molecule has 0 saturated carbocycles. The Balaban J connectivity index is 2.55. The summed E-state index contributed by atoms with van der Waals surface area (Å²) < 4.78 is 5.41. The molecule has 0 bridgehead atoms. The summed E-state index contributed by atoms with van der Waals surface area (Å²) >= 11 is 3.30. The van der Waals surface area contributed by atoms with Gasteiger partial charge in [-0.15, -0.1) is 0 Å². The minimum absolute atomic E-state index is 0.0958. The predicted octanol–water partition coefficient (Wildman–Crippen LogP) is 2.39. The van der Waals surface area contributed by atoms with E-state index < -0.39 is 12.1 Å². The molecule has 0 saturated heterocycles. The molecule has 1 N–H and O–H groups in total. The maximum atomic E-state index is 11.5. The van der Waals surface area contributed by atoms with Crippen molar-refractivity contribution in [2.45, 2.75) is 25.9 Å². The number of halogens is 1. The number of rotatable bonds is 6. The Kier molecular flexibility index (Phi) is 6.01. The third-order valence-electron chi connectivity index (χ3n) is 2.33. The lowest BCUT2D eigenvalue weighted by atomic mass is 10.0. The van der Waals surface area contributed by atoms with E-state index in [4.69, 9.17) is 0 Å². The van der Waals surface area contributed by atoms with Crippen LogP contribution in [0, 0.1) is 0 Å². The van der Waals surface area contributed by atoms with E-state index in [9.17, 15) is 14.7 Å². The molecule has 98 valence electrons. The minimum atomic E-state index is -0.914. The monoisotopic (exact) mass is 314 g/mol. The minimum Gasteiger partial charge on any atom is -0.466 e. The molecule has 18 heavy (non-hydrogen) atoms. The van der Waals surface area contributed by atoms with Crippen LogP contribution in [0.3, 0.4) is 0 Å². The fourth-order valence-corrected chi connectivity index (χ4v) is 2.07. The maximum absolute atomic E-state index is 11.5. The summed E-state index contributed by atoms with van der Waals surface area (Å²) in [5, 5.41) is 9.91. The van der Waals surface area contributed by atoms with Crippen LogP contribution in [-0.2, 0) is 14.3 Å². The lowest BCUT2D eigenvalue weighted by Gasteiger charge is -2.11. The molecule has 1 atom stereocenters. The van der Waals surface area contributed by atoms with Crippen LogP contribution in [0.2, 0.25) is 0 Å². The Hall–Kier alpha value is -1.20. The smallest absolute Gasteiger partial charge is 0.313 e. The third-order valence-corrected chi connectivity index (χ3v) is 3.05. The van der Waals surface area contributed by atoms with Gasteiger partial charge in [0, 0.05) is 10.9 Å². The summed E-state index contributed by atoms with van der Waals surface area (Å²) in [5.74, 6) is -0.890. The Morgan fingerprint density at radius 1 is 1.39 bits per heavy atom. The van der Waals surface area contributed by atoms with Crippen LogP contribution < -0.4 is 0 Å². The van der Waals surface area contributed by atoms with Gasteiger partial charge in [0.1, 0.15) is 12.2 Å². The molecule has 5 heteroatoms. The Morgan fingerprint density at radius 2 is 2.06 bits per heavy atom. The highest BCUT2D eigenvalue weighted by Gasteiger charge is 2.17. The first kappa shape index (κ1) is 14.9. The van der Waals surface area contributed by atoms with Crippen molar-refractivity contribution in [3.63, 3.8) is 0 Å². The van der Waals surface area contributed by atoms with Crippen LogP contribution in [0.1, 0.15) is 31.4 Å². The number of carbonyl (C=O) groups excluding carboxylic acids is 2. The van der Waals surface area contributed by atoms with Crippen LogP contribution in [-0.4, -0.2) is 23.5 Å². The van der Waals surface area contributed by atoms with E-state index in [-0.39, 0.29) is 25.2 Å². The molecule has 1 aromatic rings. The molecule has 0 amide bonds. The van der Waals surface area contributed by atoms with E-state index in [2.05, 4.69) is 20.7 Å².